The van der Waals surface area contributed by atoms with Crippen molar-refractivity contribution in [3.8, 4) is 11.5 Å². The van der Waals surface area contributed by atoms with Gasteiger partial charge < -0.3 is 15.2 Å². The summed E-state index contributed by atoms with van der Waals surface area (Å²) in [5.41, 5.74) is 4.92. The van der Waals surface area contributed by atoms with Crippen molar-refractivity contribution in [1.82, 2.24) is 0 Å². The molecule has 1 aromatic rings. The fourth-order valence-electron chi connectivity index (χ4n) is 1.36. The molecule has 0 radical (unpaired) electrons. The van der Waals surface area contributed by atoms with E-state index in [4.69, 9.17) is 20.6 Å². The maximum absolute atomic E-state index is 12.5. The number of halogens is 3. The minimum Gasteiger partial charge on any atom is -0.494 e. The van der Waals surface area contributed by atoms with Crippen LogP contribution in [0.3, 0.4) is 0 Å². The summed E-state index contributed by atoms with van der Waals surface area (Å²) >= 11 is 0. The standard InChI is InChI=1S/C12H15F3N2O2/c1-2-18-8-4-3-5-9(6-8)19-7-10(11(16)17)12(13,14)15/h3-6,10H,2,7H2,1H3,(H3,16,17). The molecule has 1 aromatic carbocycles. The third-order valence-corrected chi connectivity index (χ3v) is 2.30. The number of hydrogen-bond donors (Lipinski definition) is 2. The summed E-state index contributed by atoms with van der Waals surface area (Å²) in [4.78, 5) is 0. The molecule has 0 aliphatic carbocycles. The zero-order chi connectivity index (χ0) is 14.5. The van der Waals surface area contributed by atoms with Gasteiger partial charge in [0.05, 0.1) is 6.61 Å². The molecule has 7 heteroatoms. The quantitative estimate of drug-likeness (QED) is 0.620. The molecule has 19 heavy (non-hydrogen) atoms. The normalized spacial score (nSPS) is 12.8. The second-order valence-corrected chi connectivity index (χ2v) is 3.77. The fourth-order valence-corrected chi connectivity index (χ4v) is 1.36. The highest BCUT2D eigenvalue weighted by Gasteiger charge is 2.42. The number of benzene rings is 1. The molecule has 0 heterocycles. The molecule has 1 atom stereocenters. The van der Waals surface area contributed by atoms with E-state index in [0.29, 0.717) is 12.4 Å². The SMILES string of the molecule is CCOc1cccc(OCC(C(=N)N)C(F)(F)F)c1. The van der Waals surface area contributed by atoms with Crippen molar-refractivity contribution >= 4 is 5.84 Å². The van der Waals surface area contributed by atoms with Crippen LogP contribution >= 0.6 is 0 Å². The Morgan fingerprint density at radius 1 is 1.32 bits per heavy atom. The van der Waals surface area contributed by atoms with Gasteiger partial charge in [-0.2, -0.15) is 13.2 Å². The molecule has 4 nitrogen and oxygen atoms in total. The Hall–Kier alpha value is -1.92. The van der Waals surface area contributed by atoms with E-state index in [1.165, 1.54) is 12.1 Å². The molecule has 0 saturated carbocycles. The van der Waals surface area contributed by atoms with Crippen LogP contribution < -0.4 is 15.2 Å². The topological polar surface area (TPSA) is 68.3 Å². The third kappa shape index (κ3) is 4.69. The molecule has 1 rings (SSSR count). The summed E-state index contributed by atoms with van der Waals surface area (Å²) in [7, 11) is 0. The first-order valence-corrected chi connectivity index (χ1v) is 5.61. The first kappa shape index (κ1) is 15.1. The highest BCUT2D eigenvalue weighted by atomic mass is 19.4. The molecule has 0 aliphatic rings. The molecule has 0 fully saturated rings. The largest absolute Gasteiger partial charge is 0.494 e. The van der Waals surface area contributed by atoms with Crippen LogP contribution in [0.2, 0.25) is 0 Å². The monoisotopic (exact) mass is 276 g/mol. The van der Waals surface area contributed by atoms with Gasteiger partial charge in [0.25, 0.3) is 0 Å². The van der Waals surface area contributed by atoms with Crippen molar-refractivity contribution < 1.29 is 22.6 Å². The number of ether oxygens (including phenoxy) is 2. The highest BCUT2D eigenvalue weighted by molar-refractivity contribution is 5.80. The van der Waals surface area contributed by atoms with Crippen LogP contribution in [0.4, 0.5) is 13.2 Å². The zero-order valence-electron chi connectivity index (χ0n) is 10.3. The van der Waals surface area contributed by atoms with E-state index in [1.54, 1.807) is 19.1 Å². The molecular weight excluding hydrogens is 261 g/mol. The van der Waals surface area contributed by atoms with Crippen LogP contribution in [-0.4, -0.2) is 25.2 Å². The van der Waals surface area contributed by atoms with E-state index in [9.17, 15) is 13.2 Å². The highest BCUT2D eigenvalue weighted by Crippen LogP contribution is 2.27. The maximum atomic E-state index is 12.5. The molecule has 0 aliphatic heterocycles. The summed E-state index contributed by atoms with van der Waals surface area (Å²) in [5.74, 6) is -2.33. The molecule has 1 unspecified atom stereocenters. The van der Waals surface area contributed by atoms with Crippen LogP contribution in [0, 0.1) is 11.3 Å². The Bertz CT molecular complexity index is 435. The van der Waals surface area contributed by atoms with Crippen LogP contribution in [0.5, 0.6) is 11.5 Å². The van der Waals surface area contributed by atoms with E-state index in [0.717, 1.165) is 0 Å². The second-order valence-electron chi connectivity index (χ2n) is 3.77. The lowest BCUT2D eigenvalue weighted by Gasteiger charge is -2.19. The predicted octanol–water partition coefficient (Wildman–Crippen LogP) is 2.58. The van der Waals surface area contributed by atoms with Crippen LogP contribution in [0.15, 0.2) is 24.3 Å². The zero-order valence-corrected chi connectivity index (χ0v) is 10.3. The van der Waals surface area contributed by atoms with Gasteiger partial charge in [-0.1, -0.05) is 6.07 Å². The van der Waals surface area contributed by atoms with Crippen molar-refractivity contribution in [1.29, 1.82) is 5.41 Å². The third-order valence-electron chi connectivity index (χ3n) is 2.30. The minimum absolute atomic E-state index is 0.237. The molecule has 3 N–H and O–H groups in total. The number of nitrogens with two attached hydrogens (primary N) is 1. The van der Waals surface area contributed by atoms with Gasteiger partial charge in [0.2, 0.25) is 0 Å². The van der Waals surface area contributed by atoms with E-state index in [1.807, 2.05) is 0 Å². The van der Waals surface area contributed by atoms with Gasteiger partial charge in [0, 0.05) is 6.07 Å². The lowest BCUT2D eigenvalue weighted by atomic mass is 10.1. The maximum Gasteiger partial charge on any atom is 0.401 e. The van der Waals surface area contributed by atoms with Crippen LogP contribution in [-0.2, 0) is 0 Å². The molecule has 0 spiro atoms. The fraction of sp³-hybridized carbons (Fsp3) is 0.417. The van der Waals surface area contributed by atoms with Gasteiger partial charge in [0.15, 0.2) is 0 Å². The number of hydrogen-bond acceptors (Lipinski definition) is 3. The summed E-state index contributed by atoms with van der Waals surface area (Å²) in [5, 5.41) is 6.93. The molecule has 0 saturated heterocycles. The molecule has 0 bridgehead atoms. The second kappa shape index (κ2) is 6.31. The molecule has 106 valence electrons. The van der Waals surface area contributed by atoms with Gasteiger partial charge in [-0.3, -0.25) is 5.41 Å². The van der Waals surface area contributed by atoms with E-state index in [2.05, 4.69) is 0 Å². The number of alkyl halides is 3. The van der Waals surface area contributed by atoms with E-state index in [-0.39, 0.29) is 5.75 Å². The van der Waals surface area contributed by atoms with Gasteiger partial charge in [-0.15, -0.1) is 0 Å². The Kier molecular flexibility index (Phi) is 5.02. The van der Waals surface area contributed by atoms with Crippen LogP contribution in [0.1, 0.15) is 6.92 Å². The van der Waals surface area contributed by atoms with Crippen molar-refractivity contribution in [2.24, 2.45) is 11.7 Å². The van der Waals surface area contributed by atoms with Gasteiger partial charge in [0.1, 0.15) is 29.9 Å². The van der Waals surface area contributed by atoms with Gasteiger partial charge >= 0.3 is 6.18 Å². The lowest BCUT2D eigenvalue weighted by Crippen LogP contribution is -2.39. The van der Waals surface area contributed by atoms with Crippen molar-refractivity contribution in [2.75, 3.05) is 13.2 Å². The summed E-state index contributed by atoms with van der Waals surface area (Å²) in [6, 6.07) is 6.27. The minimum atomic E-state index is -4.59. The first-order chi connectivity index (χ1) is 8.84. The Morgan fingerprint density at radius 3 is 2.37 bits per heavy atom. The Balaban J connectivity index is 2.69. The summed E-state index contributed by atoms with van der Waals surface area (Å²) in [6.45, 7) is 1.51. The van der Waals surface area contributed by atoms with Crippen molar-refractivity contribution in [3.05, 3.63) is 24.3 Å². The van der Waals surface area contributed by atoms with Gasteiger partial charge in [-0.25, -0.2) is 0 Å². The Morgan fingerprint density at radius 2 is 1.89 bits per heavy atom. The predicted molar refractivity (Wildman–Crippen MR) is 64.6 cm³/mol. The summed E-state index contributed by atoms with van der Waals surface area (Å²) in [6.07, 6.45) is -4.59. The van der Waals surface area contributed by atoms with Crippen molar-refractivity contribution in [2.45, 2.75) is 13.1 Å². The first-order valence-electron chi connectivity index (χ1n) is 5.61. The Labute approximate surface area is 108 Å². The van der Waals surface area contributed by atoms with E-state index >= 15 is 0 Å². The molecular formula is C12H15F3N2O2. The van der Waals surface area contributed by atoms with Crippen LogP contribution in [0.25, 0.3) is 0 Å². The number of amidine groups is 1. The van der Waals surface area contributed by atoms with Crippen molar-refractivity contribution in [3.63, 3.8) is 0 Å². The molecule has 0 amide bonds. The van der Waals surface area contributed by atoms with Gasteiger partial charge in [-0.05, 0) is 19.1 Å². The number of rotatable bonds is 6. The molecule has 0 aromatic heterocycles. The number of nitrogens with one attached hydrogen (secondary N) is 1. The average Bonchev–Trinajstić information content (AvgIpc) is 2.27. The van der Waals surface area contributed by atoms with E-state index < -0.39 is 24.5 Å². The smallest absolute Gasteiger partial charge is 0.401 e. The lowest BCUT2D eigenvalue weighted by molar-refractivity contribution is -0.162. The summed E-state index contributed by atoms with van der Waals surface area (Å²) < 4.78 is 47.9. The average molecular weight is 276 g/mol.